The summed E-state index contributed by atoms with van der Waals surface area (Å²) in [6, 6.07) is 11.7. The summed E-state index contributed by atoms with van der Waals surface area (Å²) in [6.07, 6.45) is 0. The quantitative estimate of drug-likeness (QED) is 0.632. The molecule has 31 heavy (non-hydrogen) atoms. The van der Waals surface area contributed by atoms with E-state index in [2.05, 4.69) is 20.0 Å². The van der Waals surface area contributed by atoms with E-state index in [1.54, 1.807) is 0 Å². The van der Waals surface area contributed by atoms with Crippen LogP contribution in [-0.2, 0) is 4.79 Å². The van der Waals surface area contributed by atoms with E-state index in [1.807, 2.05) is 73.7 Å². The number of carbonyl (C=O) groups excluding carboxylic acids is 1. The molecule has 0 aliphatic carbocycles. The monoisotopic (exact) mass is 420 g/mol. The molecule has 3 heterocycles. The summed E-state index contributed by atoms with van der Waals surface area (Å²) in [4.78, 5) is 25.8. The predicted octanol–water partition coefficient (Wildman–Crippen LogP) is 2.62. The Kier molecular flexibility index (Phi) is 5.88. The summed E-state index contributed by atoms with van der Waals surface area (Å²) in [5, 5.41) is 4.53. The van der Waals surface area contributed by atoms with Crippen molar-refractivity contribution in [3.63, 3.8) is 0 Å². The van der Waals surface area contributed by atoms with E-state index >= 15 is 0 Å². The maximum atomic E-state index is 12.6. The smallest absolute Gasteiger partial charge is 0.260 e. The topological polar surface area (TPSA) is 76.4 Å². The Labute approximate surface area is 182 Å². The van der Waals surface area contributed by atoms with E-state index in [-0.39, 0.29) is 12.5 Å². The van der Waals surface area contributed by atoms with Crippen LogP contribution in [0.15, 0.2) is 36.4 Å². The minimum atomic E-state index is 0.00224. The molecule has 1 saturated heterocycles. The Balaban J connectivity index is 1.37. The maximum absolute atomic E-state index is 12.6. The first kappa shape index (κ1) is 20.8. The second kappa shape index (κ2) is 8.75. The van der Waals surface area contributed by atoms with Gasteiger partial charge in [0.05, 0.1) is 5.69 Å². The van der Waals surface area contributed by atoms with Gasteiger partial charge >= 0.3 is 0 Å². The molecule has 0 radical (unpaired) electrons. The predicted molar refractivity (Wildman–Crippen MR) is 119 cm³/mol. The standard InChI is InChI=1S/C23H28N6O2/c1-16-5-7-20(8-6-16)31-15-23(30)28-11-9-27(10-12-28)21-14-22(25-19(4)24-21)29-18(3)13-17(2)26-29/h5-8,13-14H,9-12,15H2,1-4H3. The van der Waals surface area contributed by atoms with Gasteiger partial charge in [-0.25, -0.2) is 14.6 Å². The molecule has 1 fully saturated rings. The van der Waals surface area contributed by atoms with Gasteiger partial charge in [0.25, 0.3) is 5.91 Å². The van der Waals surface area contributed by atoms with Crippen molar-refractivity contribution in [2.45, 2.75) is 27.7 Å². The van der Waals surface area contributed by atoms with Crippen LogP contribution in [0.4, 0.5) is 5.82 Å². The van der Waals surface area contributed by atoms with Crippen LogP contribution in [-0.4, -0.2) is 63.3 Å². The van der Waals surface area contributed by atoms with Gasteiger partial charge in [-0.3, -0.25) is 4.79 Å². The molecule has 1 aliphatic rings. The zero-order chi connectivity index (χ0) is 22.0. The highest BCUT2D eigenvalue weighted by Gasteiger charge is 2.23. The summed E-state index contributed by atoms with van der Waals surface area (Å²) >= 11 is 0. The van der Waals surface area contributed by atoms with E-state index < -0.39 is 0 Å². The number of aromatic nitrogens is 4. The van der Waals surface area contributed by atoms with Crippen molar-refractivity contribution in [2.75, 3.05) is 37.7 Å². The molecule has 4 rings (SSSR count). The first-order chi connectivity index (χ1) is 14.9. The van der Waals surface area contributed by atoms with Crippen molar-refractivity contribution in [1.82, 2.24) is 24.6 Å². The van der Waals surface area contributed by atoms with Crippen molar-refractivity contribution in [3.8, 4) is 11.6 Å². The van der Waals surface area contributed by atoms with E-state index in [9.17, 15) is 4.79 Å². The normalized spacial score (nSPS) is 14.1. The van der Waals surface area contributed by atoms with Crippen molar-refractivity contribution in [3.05, 3.63) is 59.2 Å². The highest BCUT2D eigenvalue weighted by atomic mass is 16.5. The van der Waals surface area contributed by atoms with Gasteiger partial charge in [-0.15, -0.1) is 0 Å². The highest BCUT2D eigenvalue weighted by Crippen LogP contribution is 2.19. The van der Waals surface area contributed by atoms with Gasteiger partial charge in [-0.1, -0.05) is 17.7 Å². The molecule has 1 aromatic carbocycles. The molecule has 0 spiro atoms. The van der Waals surface area contributed by atoms with Crippen LogP contribution < -0.4 is 9.64 Å². The summed E-state index contributed by atoms with van der Waals surface area (Å²) in [6.45, 7) is 10.6. The Morgan fingerprint density at radius 3 is 2.26 bits per heavy atom. The molecule has 2 aromatic heterocycles. The average molecular weight is 421 g/mol. The number of anilines is 1. The number of hydrogen-bond donors (Lipinski definition) is 0. The van der Waals surface area contributed by atoms with Crippen LogP contribution in [0.2, 0.25) is 0 Å². The van der Waals surface area contributed by atoms with Crippen molar-refractivity contribution in [1.29, 1.82) is 0 Å². The van der Waals surface area contributed by atoms with Crippen LogP contribution in [0.3, 0.4) is 0 Å². The number of rotatable bonds is 5. The van der Waals surface area contributed by atoms with Crippen LogP contribution in [0.5, 0.6) is 5.75 Å². The van der Waals surface area contributed by atoms with Crippen LogP contribution >= 0.6 is 0 Å². The Hall–Kier alpha value is -3.42. The van der Waals surface area contributed by atoms with Gasteiger partial charge in [0, 0.05) is 37.9 Å². The third kappa shape index (κ3) is 4.84. The molecule has 1 amide bonds. The SMILES string of the molecule is Cc1ccc(OCC(=O)N2CCN(c3cc(-n4nc(C)cc4C)nc(C)n3)CC2)cc1. The number of aryl methyl sites for hydroxylation is 4. The molecular formula is C23H28N6O2. The Morgan fingerprint density at radius 1 is 0.935 bits per heavy atom. The Bertz CT molecular complexity index is 1070. The van der Waals surface area contributed by atoms with Gasteiger partial charge in [-0.2, -0.15) is 5.10 Å². The Morgan fingerprint density at radius 2 is 1.61 bits per heavy atom. The lowest BCUT2D eigenvalue weighted by atomic mass is 10.2. The third-order valence-electron chi connectivity index (χ3n) is 5.38. The number of amides is 1. The van der Waals surface area contributed by atoms with Crippen LogP contribution in [0.1, 0.15) is 22.8 Å². The molecular weight excluding hydrogens is 392 g/mol. The van der Waals surface area contributed by atoms with E-state index in [0.717, 1.165) is 28.6 Å². The number of piperazine rings is 1. The van der Waals surface area contributed by atoms with Gasteiger partial charge in [0.1, 0.15) is 17.4 Å². The number of nitrogens with zero attached hydrogens (tertiary/aromatic N) is 6. The maximum Gasteiger partial charge on any atom is 0.260 e. The minimum Gasteiger partial charge on any atom is -0.484 e. The van der Waals surface area contributed by atoms with E-state index in [0.29, 0.717) is 37.8 Å². The summed E-state index contributed by atoms with van der Waals surface area (Å²) in [5.41, 5.74) is 3.15. The zero-order valence-electron chi connectivity index (χ0n) is 18.5. The number of benzene rings is 1. The summed E-state index contributed by atoms with van der Waals surface area (Å²) < 4.78 is 7.49. The third-order valence-corrected chi connectivity index (χ3v) is 5.38. The largest absolute Gasteiger partial charge is 0.484 e. The zero-order valence-corrected chi connectivity index (χ0v) is 18.5. The number of carbonyl (C=O) groups is 1. The van der Waals surface area contributed by atoms with Gasteiger partial charge < -0.3 is 14.5 Å². The van der Waals surface area contributed by atoms with Crippen molar-refractivity contribution in [2.24, 2.45) is 0 Å². The molecule has 0 atom stereocenters. The van der Waals surface area contributed by atoms with E-state index in [1.165, 1.54) is 0 Å². The van der Waals surface area contributed by atoms with E-state index in [4.69, 9.17) is 4.74 Å². The first-order valence-electron chi connectivity index (χ1n) is 10.5. The van der Waals surface area contributed by atoms with Crippen molar-refractivity contribution < 1.29 is 9.53 Å². The number of hydrogen-bond acceptors (Lipinski definition) is 6. The lowest BCUT2D eigenvalue weighted by molar-refractivity contribution is -0.133. The van der Waals surface area contributed by atoms with Crippen LogP contribution in [0, 0.1) is 27.7 Å². The molecule has 3 aromatic rings. The average Bonchev–Trinajstić information content (AvgIpc) is 3.11. The van der Waals surface area contributed by atoms with Gasteiger partial charge in [0.2, 0.25) is 0 Å². The molecule has 8 heteroatoms. The molecule has 162 valence electrons. The fraction of sp³-hybridized carbons (Fsp3) is 0.391. The lowest BCUT2D eigenvalue weighted by Crippen LogP contribution is -2.50. The van der Waals surface area contributed by atoms with Gasteiger partial charge in [-0.05, 0) is 45.9 Å². The second-order valence-electron chi connectivity index (χ2n) is 7.94. The molecule has 0 unspecified atom stereocenters. The minimum absolute atomic E-state index is 0.00224. The highest BCUT2D eigenvalue weighted by molar-refractivity contribution is 5.78. The fourth-order valence-electron chi connectivity index (χ4n) is 3.72. The summed E-state index contributed by atoms with van der Waals surface area (Å²) in [7, 11) is 0. The van der Waals surface area contributed by atoms with Crippen LogP contribution in [0.25, 0.3) is 5.82 Å². The fourth-order valence-corrected chi connectivity index (χ4v) is 3.72. The van der Waals surface area contributed by atoms with Crippen molar-refractivity contribution >= 4 is 11.7 Å². The molecule has 8 nitrogen and oxygen atoms in total. The number of ether oxygens (including phenoxy) is 1. The lowest BCUT2D eigenvalue weighted by Gasteiger charge is -2.35. The molecule has 0 N–H and O–H groups in total. The van der Waals surface area contributed by atoms with Gasteiger partial charge in [0.15, 0.2) is 12.4 Å². The molecule has 0 bridgehead atoms. The second-order valence-corrected chi connectivity index (χ2v) is 7.94. The molecule has 0 saturated carbocycles. The summed E-state index contributed by atoms with van der Waals surface area (Å²) in [5.74, 6) is 3.04. The molecule has 1 aliphatic heterocycles. The first-order valence-corrected chi connectivity index (χ1v) is 10.5.